The highest BCUT2D eigenvalue weighted by Gasteiger charge is 2.28. The van der Waals surface area contributed by atoms with Crippen LogP contribution in [0.4, 0.5) is 5.69 Å². The van der Waals surface area contributed by atoms with Gasteiger partial charge >= 0.3 is 0 Å². The third-order valence-electron chi connectivity index (χ3n) is 3.37. The molecule has 1 fully saturated rings. The highest BCUT2D eigenvalue weighted by atomic mass is 16.5. The summed E-state index contributed by atoms with van der Waals surface area (Å²) < 4.78 is 11.0. The SMILES string of the molecule is CCOc1ccc(NC(=O)C2CCC(C)O2)cc1CN. The van der Waals surface area contributed by atoms with Crippen molar-refractivity contribution in [3.8, 4) is 5.75 Å². The van der Waals surface area contributed by atoms with Crippen molar-refractivity contribution in [2.24, 2.45) is 5.73 Å². The van der Waals surface area contributed by atoms with E-state index in [1.807, 2.05) is 32.0 Å². The van der Waals surface area contributed by atoms with Gasteiger partial charge in [0.1, 0.15) is 11.9 Å². The number of rotatable bonds is 5. The Kier molecular flexibility index (Phi) is 4.98. The molecule has 20 heavy (non-hydrogen) atoms. The summed E-state index contributed by atoms with van der Waals surface area (Å²) in [5.74, 6) is 0.667. The van der Waals surface area contributed by atoms with Gasteiger partial charge in [-0.2, -0.15) is 0 Å². The van der Waals surface area contributed by atoms with Gasteiger partial charge in [-0.15, -0.1) is 0 Å². The van der Waals surface area contributed by atoms with E-state index >= 15 is 0 Å². The van der Waals surface area contributed by atoms with Crippen LogP contribution in [0.2, 0.25) is 0 Å². The standard InChI is InChI=1S/C15H22N2O3/c1-3-19-13-7-5-12(8-11(13)9-16)17-15(18)14-6-4-10(2)20-14/h5,7-8,10,14H,3-4,6,9,16H2,1-2H3,(H,17,18). The van der Waals surface area contributed by atoms with Crippen molar-refractivity contribution in [1.29, 1.82) is 0 Å². The maximum Gasteiger partial charge on any atom is 0.253 e. The Morgan fingerprint density at radius 3 is 2.90 bits per heavy atom. The lowest BCUT2D eigenvalue weighted by molar-refractivity contribution is -0.126. The Labute approximate surface area is 119 Å². The van der Waals surface area contributed by atoms with Crippen molar-refractivity contribution in [2.75, 3.05) is 11.9 Å². The smallest absolute Gasteiger partial charge is 0.253 e. The normalized spacial score (nSPS) is 21.8. The van der Waals surface area contributed by atoms with Crippen LogP contribution in [0, 0.1) is 0 Å². The van der Waals surface area contributed by atoms with Crippen LogP contribution in [0.25, 0.3) is 0 Å². The average molecular weight is 278 g/mol. The molecule has 0 aliphatic carbocycles. The van der Waals surface area contributed by atoms with Crippen LogP contribution in [-0.2, 0) is 16.1 Å². The molecule has 0 aromatic heterocycles. The molecular formula is C15H22N2O3. The van der Waals surface area contributed by atoms with Gasteiger partial charge in [0.25, 0.3) is 5.91 Å². The van der Waals surface area contributed by atoms with E-state index in [0.717, 1.165) is 29.8 Å². The Balaban J connectivity index is 2.04. The van der Waals surface area contributed by atoms with Gasteiger partial charge < -0.3 is 20.5 Å². The lowest BCUT2D eigenvalue weighted by atomic mass is 10.1. The van der Waals surface area contributed by atoms with Crippen LogP contribution in [0.15, 0.2) is 18.2 Å². The first kappa shape index (κ1) is 14.8. The second kappa shape index (κ2) is 6.72. The lowest BCUT2D eigenvalue weighted by Crippen LogP contribution is -2.27. The molecule has 0 radical (unpaired) electrons. The van der Waals surface area contributed by atoms with Crippen molar-refractivity contribution in [3.05, 3.63) is 23.8 Å². The number of amides is 1. The molecule has 0 bridgehead atoms. The second-order valence-corrected chi connectivity index (χ2v) is 4.96. The Hall–Kier alpha value is -1.59. The first-order valence-corrected chi connectivity index (χ1v) is 7.06. The predicted octanol–water partition coefficient (Wildman–Crippen LogP) is 2.05. The highest BCUT2D eigenvalue weighted by Crippen LogP contribution is 2.24. The summed E-state index contributed by atoms with van der Waals surface area (Å²) in [6.07, 6.45) is 1.51. The Bertz CT molecular complexity index is 476. The van der Waals surface area contributed by atoms with Gasteiger partial charge in [0.15, 0.2) is 0 Å². The molecule has 110 valence electrons. The van der Waals surface area contributed by atoms with Crippen molar-refractivity contribution in [3.63, 3.8) is 0 Å². The van der Waals surface area contributed by atoms with Crippen LogP contribution in [0.5, 0.6) is 5.75 Å². The van der Waals surface area contributed by atoms with Crippen LogP contribution in [0.1, 0.15) is 32.3 Å². The molecule has 1 aliphatic heterocycles. The van der Waals surface area contributed by atoms with E-state index < -0.39 is 0 Å². The average Bonchev–Trinajstić information content (AvgIpc) is 2.87. The number of nitrogens with one attached hydrogen (secondary N) is 1. The summed E-state index contributed by atoms with van der Waals surface area (Å²) in [6.45, 7) is 4.87. The Morgan fingerprint density at radius 1 is 1.50 bits per heavy atom. The van der Waals surface area contributed by atoms with Gasteiger partial charge in [-0.25, -0.2) is 0 Å². The monoisotopic (exact) mass is 278 g/mol. The van der Waals surface area contributed by atoms with Gasteiger partial charge in [0.05, 0.1) is 12.7 Å². The minimum atomic E-state index is -0.349. The van der Waals surface area contributed by atoms with Crippen LogP contribution in [-0.4, -0.2) is 24.7 Å². The van der Waals surface area contributed by atoms with Crippen LogP contribution in [0.3, 0.4) is 0 Å². The van der Waals surface area contributed by atoms with E-state index in [4.69, 9.17) is 15.2 Å². The second-order valence-electron chi connectivity index (χ2n) is 4.96. The largest absolute Gasteiger partial charge is 0.494 e. The number of ether oxygens (including phenoxy) is 2. The third-order valence-corrected chi connectivity index (χ3v) is 3.37. The van der Waals surface area contributed by atoms with Gasteiger partial charge in [-0.3, -0.25) is 4.79 Å². The summed E-state index contributed by atoms with van der Waals surface area (Å²) in [4.78, 5) is 12.1. The topological polar surface area (TPSA) is 73.6 Å². The molecule has 1 aromatic rings. The quantitative estimate of drug-likeness (QED) is 0.864. The van der Waals surface area contributed by atoms with Crippen LogP contribution < -0.4 is 15.8 Å². The molecule has 5 heteroatoms. The molecule has 1 amide bonds. The number of carbonyl (C=O) groups excluding carboxylic acids is 1. The number of nitrogens with two attached hydrogens (primary N) is 1. The molecule has 1 aromatic carbocycles. The maximum absolute atomic E-state index is 12.1. The minimum absolute atomic E-state index is 0.0959. The molecule has 2 unspecified atom stereocenters. The summed E-state index contributed by atoms with van der Waals surface area (Å²) in [6, 6.07) is 5.50. The molecular weight excluding hydrogens is 256 g/mol. The molecule has 2 rings (SSSR count). The summed E-state index contributed by atoms with van der Waals surface area (Å²) in [7, 11) is 0. The fraction of sp³-hybridized carbons (Fsp3) is 0.533. The molecule has 0 saturated carbocycles. The molecule has 5 nitrogen and oxygen atoms in total. The number of benzene rings is 1. The van der Waals surface area contributed by atoms with E-state index in [1.54, 1.807) is 0 Å². The first-order chi connectivity index (χ1) is 9.63. The Morgan fingerprint density at radius 2 is 2.30 bits per heavy atom. The van der Waals surface area contributed by atoms with Gasteiger partial charge in [0.2, 0.25) is 0 Å². The van der Waals surface area contributed by atoms with E-state index in [0.29, 0.717) is 13.2 Å². The number of hydrogen-bond donors (Lipinski definition) is 2. The summed E-state index contributed by atoms with van der Waals surface area (Å²) in [5, 5.41) is 2.87. The van der Waals surface area contributed by atoms with E-state index in [2.05, 4.69) is 5.32 Å². The first-order valence-electron chi connectivity index (χ1n) is 7.06. The van der Waals surface area contributed by atoms with Crippen molar-refractivity contribution >= 4 is 11.6 Å². The van der Waals surface area contributed by atoms with E-state index in [-0.39, 0.29) is 18.1 Å². The molecule has 1 heterocycles. The number of hydrogen-bond acceptors (Lipinski definition) is 4. The van der Waals surface area contributed by atoms with E-state index in [9.17, 15) is 4.79 Å². The van der Waals surface area contributed by atoms with Crippen LogP contribution >= 0.6 is 0 Å². The third kappa shape index (κ3) is 3.49. The summed E-state index contributed by atoms with van der Waals surface area (Å²) in [5.41, 5.74) is 7.31. The molecule has 1 saturated heterocycles. The maximum atomic E-state index is 12.1. The molecule has 1 aliphatic rings. The lowest BCUT2D eigenvalue weighted by Gasteiger charge is -2.14. The van der Waals surface area contributed by atoms with Crippen molar-refractivity contribution in [2.45, 2.75) is 45.4 Å². The molecule has 3 N–H and O–H groups in total. The minimum Gasteiger partial charge on any atom is -0.494 e. The molecule has 0 spiro atoms. The van der Waals surface area contributed by atoms with Gasteiger partial charge in [-0.05, 0) is 44.9 Å². The van der Waals surface area contributed by atoms with E-state index in [1.165, 1.54) is 0 Å². The fourth-order valence-corrected chi connectivity index (χ4v) is 2.33. The van der Waals surface area contributed by atoms with Crippen molar-refractivity contribution in [1.82, 2.24) is 0 Å². The summed E-state index contributed by atoms with van der Waals surface area (Å²) >= 11 is 0. The zero-order chi connectivity index (χ0) is 14.5. The molecule has 2 atom stereocenters. The predicted molar refractivity (Wildman–Crippen MR) is 77.7 cm³/mol. The zero-order valence-corrected chi connectivity index (χ0v) is 12.0. The zero-order valence-electron chi connectivity index (χ0n) is 12.0. The van der Waals surface area contributed by atoms with Gasteiger partial charge in [-0.1, -0.05) is 0 Å². The number of anilines is 1. The number of carbonyl (C=O) groups is 1. The van der Waals surface area contributed by atoms with Crippen molar-refractivity contribution < 1.29 is 14.3 Å². The van der Waals surface area contributed by atoms with Gasteiger partial charge in [0, 0.05) is 17.8 Å². The highest BCUT2D eigenvalue weighted by molar-refractivity contribution is 5.94. The fourth-order valence-electron chi connectivity index (χ4n) is 2.33.